The molecule has 0 saturated carbocycles. The van der Waals surface area contributed by atoms with Crippen molar-refractivity contribution in [3.63, 3.8) is 0 Å². The SMILES string of the molecule is CNC(=O)C(C)NCc1ccnc(C)n1. The van der Waals surface area contributed by atoms with Crippen molar-refractivity contribution in [2.75, 3.05) is 7.05 Å². The predicted octanol–water partition coefficient (Wildman–Crippen LogP) is 0.00912. The summed E-state index contributed by atoms with van der Waals surface area (Å²) in [5.74, 6) is 0.711. The van der Waals surface area contributed by atoms with Crippen LogP contribution in [0.2, 0.25) is 0 Å². The molecule has 1 aromatic rings. The highest BCUT2D eigenvalue weighted by atomic mass is 16.2. The second-order valence-corrected chi connectivity index (χ2v) is 3.31. The van der Waals surface area contributed by atoms with Gasteiger partial charge in [0.15, 0.2) is 0 Å². The molecule has 82 valence electrons. The molecule has 0 radical (unpaired) electrons. The van der Waals surface area contributed by atoms with Gasteiger partial charge in [-0.2, -0.15) is 0 Å². The minimum absolute atomic E-state index is 0.0271. The highest BCUT2D eigenvalue weighted by Crippen LogP contribution is 1.95. The number of aromatic nitrogens is 2. The number of nitrogens with zero attached hydrogens (tertiary/aromatic N) is 2. The van der Waals surface area contributed by atoms with E-state index in [2.05, 4.69) is 20.6 Å². The third kappa shape index (κ3) is 3.63. The van der Waals surface area contributed by atoms with Crippen molar-refractivity contribution in [2.24, 2.45) is 0 Å². The Labute approximate surface area is 89.3 Å². The zero-order valence-electron chi connectivity index (χ0n) is 9.24. The lowest BCUT2D eigenvalue weighted by Crippen LogP contribution is -2.40. The minimum Gasteiger partial charge on any atom is -0.358 e. The summed E-state index contributed by atoms with van der Waals surface area (Å²) >= 11 is 0. The normalized spacial score (nSPS) is 12.2. The molecule has 1 unspecified atom stereocenters. The molecule has 5 heteroatoms. The maximum Gasteiger partial charge on any atom is 0.236 e. The van der Waals surface area contributed by atoms with Crippen molar-refractivity contribution in [1.82, 2.24) is 20.6 Å². The van der Waals surface area contributed by atoms with E-state index in [0.29, 0.717) is 6.54 Å². The molecule has 1 amide bonds. The number of likely N-dealkylation sites (N-methyl/N-ethyl adjacent to an activating group) is 1. The van der Waals surface area contributed by atoms with Crippen LogP contribution in [-0.2, 0) is 11.3 Å². The first-order chi connectivity index (χ1) is 7.13. The molecule has 0 aliphatic rings. The van der Waals surface area contributed by atoms with Crippen LogP contribution in [0, 0.1) is 6.92 Å². The fourth-order valence-electron chi connectivity index (χ4n) is 1.17. The van der Waals surface area contributed by atoms with Crippen molar-refractivity contribution >= 4 is 5.91 Å². The lowest BCUT2D eigenvalue weighted by Gasteiger charge is -2.11. The average Bonchev–Trinajstić information content (AvgIpc) is 2.25. The highest BCUT2D eigenvalue weighted by Gasteiger charge is 2.09. The molecular formula is C10H16N4O. The molecule has 5 nitrogen and oxygen atoms in total. The number of carbonyl (C=O) groups is 1. The summed E-state index contributed by atoms with van der Waals surface area (Å²) in [6, 6.07) is 1.61. The first-order valence-electron chi connectivity index (χ1n) is 4.87. The first kappa shape index (κ1) is 11.6. The van der Waals surface area contributed by atoms with Gasteiger partial charge in [0.1, 0.15) is 5.82 Å². The molecule has 1 rings (SSSR count). The Morgan fingerprint density at radius 1 is 1.60 bits per heavy atom. The van der Waals surface area contributed by atoms with Crippen molar-refractivity contribution in [1.29, 1.82) is 0 Å². The summed E-state index contributed by atoms with van der Waals surface area (Å²) in [6.07, 6.45) is 1.71. The van der Waals surface area contributed by atoms with Crippen molar-refractivity contribution in [3.8, 4) is 0 Å². The van der Waals surface area contributed by atoms with Gasteiger partial charge in [0.05, 0.1) is 11.7 Å². The topological polar surface area (TPSA) is 66.9 Å². The van der Waals surface area contributed by atoms with Gasteiger partial charge >= 0.3 is 0 Å². The van der Waals surface area contributed by atoms with E-state index in [0.717, 1.165) is 11.5 Å². The van der Waals surface area contributed by atoms with E-state index in [1.165, 1.54) is 0 Å². The van der Waals surface area contributed by atoms with E-state index in [9.17, 15) is 4.79 Å². The number of hydrogen-bond donors (Lipinski definition) is 2. The van der Waals surface area contributed by atoms with Crippen LogP contribution in [0.4, 0.5) is 0 Å². The zero-order chi connectivity index (χ0) is 11.3. The van der Waals surface area contributed by atoms with E-state index < -0.39 is 0 Å². The second-order valence-electron chi connectivity index (χ2n) is 3.31. The summed E-state index contributed by atoms with van der Waals surface area (Å²) in [5.41, 5.74) is 0.887. The Kier molecular flexibility index (Phi) is 4.17. The van der Waals surface area contributed by atoms with Crippen LogP contribution in [0.1, 0.15) is 18.4 Å². The molecule has 2 N–H and O–H groups in total. The molecule has 0 fully saturated rings. The average molecular weight is 208 g/mol. The predicted molar refractivity (Wildman–Crippen MR) is 57.1 cm³/mol. The number of amides is 1. The molecule has 1 atom stereocenters. The zero-order valence-corrected chi connectivity index (χ0v) is 9.24. The van der Waals surface area contributed by atoms with E-state index in [4.69, 9.17) is 0 Å². The monoisotopic (exact) mass is 208 g/mol. The second kappa shape index (κ2) is 5.41. The number of hydrogen-bond acceptors (Lipinski definition) is 4. The molecule has 1 aromatic heterocycles. The van der Waals surface area contributed by atoms with Gasteiger partial charge in [0.25, 0.3) is 0 Å². The molecule has 0 aliphatic heterocycles. The van der Waals surface area contributed by atoms with Gasteiger partial charge in [-0.05, 0) is 19.9 Å². The summed E-state index contributed by atoms with van der Waals surface area (Å²) in [7, 11) is 1.62. The summed E-state index contributed by atoms with van der Waals surface area (Å²) in [4.78, 5) is 19.4. The Morgan fingerprint density at radius 3 is 2.93 bits per heavy atom. The summed E-state index contributed by atoms with van der Waals surface area (Å²) < 4.78 is 0. The minimum atomic E-state index is -0.217. The number of aryl methyl sites for hydroxylation is 1. The molecule has 15 heavy (non-hydrogen) atoms. The van der Waals surface area contributed by atoms with E-state index in [-0.39, 0.29) is 11.9 Å². The van der Waals surface area contributed by atoms with Crippen LogP contribution in [0.15, 0.2) is 12.3 Å². The number of nitrogens with one attached hydrogen (secondary N) is 2. The van der Waals surface area contributed by atoms with E-state index >= 15 is 0 Å². The lowest BCUT2D eigenvalue weighted by molar-refractivity contribution is -0.122. The van der Waals surface area contributed by atoms with Gasteiger partial charge in [-0.3, -0.25) is 4.79 Å². The third-order valence-electron chi connectivity index (χ3n) is 2.06. The standard InChI is InChI=1S/C10H16N4O/c1-7(10(15)11-3)13-6-9-4-5-12-8(2)14-9/h4-5,7,13H,6H2,1-3H3,(H,11,15). The van der Waals surface area contributed by atoms with Crippen LogP contribution >= 0.6 is 0 Å². The molecule has 0 aliphatic carbocycles. The summed E-state index contributed by atoms with van der Waals surface area (Å²) in [6.45, 7) is 4.22. The Balaban J connectivity index is 2.47. The van der Waals surface area contributed by atoms with Gasteiger partial charge in [-0.15, -0.1) is 0 Å². The molecule has 0 bridgehead atoms. The Bertz CT molecular complexity index is 340. The van der Waals surface area contributed by atoms with Gasteiger partial charge in [0.2, 0.25) is 5.91 Å². The van der Waals surface area contributed by atoms with Crippen molar-refractivity contribution in [3.05, 3.63) is 23.8 Å². The van der Waals surface area contributed by atoms with Crippen LogP contribution in [0.5, 0.6) is 0 Å². The first-order valence-corrected chi connectivity index (χ1v) is 4.87. The number of carbonyl (C=O) groups excluding carboxylic acids is 1. The largest absolute Gasteiger partial charge is 0.358 e. The van der Waals surface area contributed by atoms with Crippen LogP contribution in [0.3, 0.4) is 0 Å². The van der Waals surface area contributed by atoms with Gasteiger partial charge < -0.3 is 10.6 Å². The van der Waals surface area contributed by atoms with Crippen LogP contribution < -0.4 is 10.6 Å². The Morgan fingerprint density at radius 2 is 2.33 bits per heavy atom. The molecule has 0 saturated heterocycles. The lowest BCUT2D eigenvalue weighted by atomic mass is 10.3. The fraction of sp³-hybridized carbons (Fsp3) is 0.500. The fourth-order valence-corrected chi connectivity index (χ4v) is 1.17. The molecule has 0 aromatic carbocycles. The molecular weight excluding hydrogens is 192 g/mol. The smallest absolute Gasteiger partial charge is 0.236 e. The van der Waals surface area contributed by atoms with E-state index in [1.807, 2.05) is 19.9 Å². The van der Waals surface area contributed by atoms with Crippen molar-refractivity contribution < 1.29 is 4.79 Å². The van der Waals surface area contributed by atoms with E-state index in [1.54, 1.807) is 13.2 Å². The number of rotatable bonds is 4. The summed E-state index contributed by atoms with van der Waals surface area (Å²) in [5, 5.41) is 5.65. The quantitative estimate of drug-likeness (QED) is 0.731. The highest BCUT2D eigenvalue weighted by molar-refractivity contribution is 5.80. The van der Waals surface area contributed by atoms with Crippen LogP contribution in [0.25, 0.3) is 0 Å². The van der Waals surface area contributed by atoms with Gasteiger partial charge in [0, 0.05) is 19.8 Å². The van der Waals surface area contributed by atoms with Gasteiger partial charge in [-0.1, -0.05) is 0 Å². The third-order valence-corrected chi connectivity index (χ3v) is 2.06. The molecule has 1 heterocycles. The molecule has 0 spiro atoms. The van der Waals surface area contributed by atoms with Gasteiger partial charge in [-0.25, -0.2) is 9.97 Å². The maximum absolute atomic E-state index is 11.2. The Hall–Kier alpha value is -1.49. The maximum atomic E-state index is 11.2. The van der Waals surface area contributed by atoms with Crippen molar-refractivity contribution in [2.45, 2.75) is 26.4 Å². The van der Waals surface area contributed by atoms with Crippen LogP contribution in [-0.4, -0.2) is 29.0 Å².